The maximum Gasteiger partial charge on any atom is 0.494 e. The van der Waals surface area contributed by atoms with Crippen molar-refractivity contribution < 1.29 is 9.31 Å². The summed E-state index contributed by atoms with van der Waals surface area (Å²) < 4.78 is 11.5. The second-order valence-corrected chi connectivity index (χ2v) is 6.24. The van der Waals surface area contributed by atoms with E-state index in [1.54, 1.807) is 0 Å². The van der Waals surface area contributed by atoms with Gasteiger partial charge in [0.25, 0.3) is 0 Å². The van der Waals surface area contributed by atoms with Gasteiger partial charge in [-0.25, -0.2) is 0 Å². The molecule has 16 heavy (non-hydrogen) atoms. The molecule has 0 amide bonds. The lowest BCUT2D eigenvalue weighted by Gasteiger charge is -2.37. The molecular weight excluding hydrogens is 199 g/mol. The molecule has 1 heterocycles. The molecule has 0 aromatic carbocycles. The van der Waals surface area contributed by atoms with Crippen LogP contribution in [-0.2, 0) is 9.31 Å². The Kier molecular flexibility index (Phi) is 4.06. The van der Waals surface area contributed by atoms with E-state index in [1.807, 2.05) is 12.1 Å². The summed E-state index contributed by atoms with van der Waals surface area (Å²) in [7, 11) is -0.266. The van der Waals surface area contributed by atoms with Gasteiger partial charge < -0.3 is 9.31 Å². The summed E-state index contributed by atoms with van der Waals surface area (Å²) in [5, 5.41) is 0. The van der Waals surface area contributed by atoms with Gasteiger partial charge >= 0.3 is 7.12 Å². The van der Waals surface area contributed by atoms with Crippen LogP contribution >= 0.6 is 0 Å². The van der Waals surface area contributed by atoms with Crippen LogP contribution in [0.1, 0.15) is 48.0 Å². The quantitative estimate of drug-likeness (QED) is 0.500. The standard InChI is InChI=1S/C13H23BO2/c1-11-10-13(5,6)16-14(15-11)9-7-8-12(2,3)4/h8-9,11H,10H2,1-6H3. The predicted octanol–water partition coefficient (Wildman–Crippen LogP) is 3.38. The summed E-state index contributed by atoms with van der Waals surface area (Å²) in [4.78, 5) is 0. The molecule has 0 spiro atoms. The van der Waals surface area contributed by atoms with Crippen molar-refractivity contribution in [1.29, 1.82) is 0 Å². The fourth-order valence-electron chi connectivity index (χ4n) is 1.81. The van der Waals surface area contributed by atoms with Crippen LogP contribution in [0.2, 0.25) is 0 Å². The Labute approximate surface area is 99.9 Å². The summed E-state index contributed by atoms with van der Waals surface area (Å²) >= 11 is 0. The highest BCUT2D eigenvalue weighted by Gasteiger charge is 2.35. The lowest BCUT2D eigenvalue weighted by molar-refractivity contribution is -0.0236. The molecule has 3 heteroatoms. The van der Waals surface area contributed by atoms with E-state index in [0.29, 0.717) is 0 Å². The first-order valence-corrected chi connectivity index (χ1v) is 5.95. The zero-order chi connectivity index (χ0) is 12.4. The first-order chi connectivity index (χ1) is 7.18. The van der Waals surface area contributed by atoms with Crippen LogP contribution in [0, 0.1) is 5.41 Å². The Bertz CT molecular complexity index is 296. The van der Waals surface area contributed by atoms with Crippen LogP contribution in [-0.4, -0.2) is 18.8 Å². The molecule has 0 bridgehead atoms. The van der Waals surface area contributed by atoms with Crippen LogP contribution in [0.3, 0.4) is 0 Å². The minimum atomic E-state index is -0.266. The van der Waals surface area contributed by atoms with Gasteiger partial charge in [-0.3, -0.25) is 0 Å². The van der Waals surface area contributed by atoms with Crippen molar-refractivity contribution >= 4 is 7.12 Å². The lowest BCUT2D eigenvalue weighted by Crippen LogP contribution is -2.44. The maximum atomic E-state index is 5.80. The molecule has 1 fully saturated rings. The van der Waals surface area contributed by atoms with E-state index in [-0.39, 0.29) is 24.2 Å². The molecule has 1 saturated heterocycles. The van der Waals surface area contributed by atoms with Crippen molar-refractivity contribution in [3.63, 3.8) is 0 Å². The molecule has 1 aliphatic heterocycles. The van der Waals surface area contributed by atoms with Crippen molar-refractivity contribution in [2.24, 2.45) is 5.41 Å². The molecule has 1 aliphatic rings. The van der Waals surface area contributed by atoms with Crippen molar-refractivity contribution in [3.8, 4) is 0 Å². The number of hydrogen-bond acceptors (Lipinski definition) is 2. The summed E-state index contributed by atoms with van der Waals surface area (Å²) in [5.74, 6) is 1.86. The van der Waals surface area contributed by atoms with Gasteiger partial charge in [0.1, 0.15) is 0 Å². The zero-order valence-electron chi connectivity index (χ0n) is 11.3. The maximum absolute atomic E-state index is 5.80. The first kappa shape index (κ1) is 13.6. The average molecular weight is 222 g/mol. The van der Waals surface area contributed by atoms with Crippen LogP contribution in [0.5, 0.6) is 0 Å². The second kappa shape index (κ2) is 4.79. The van der Waals surface area contributed by atoms with Gasteiger partial charge in [-0.05, 0) is 44.7 Å². The number of rotatable bonds is 1. The fourth-order valence-corrected chi connectivity index (χ4v) is 1.81. The lowest BCUT2D eigenvalue weighted by atomic mass is 9.82. The van der Waals surface area contributed by atoms with Crippen molar-refractivity contribution in [1.82, 2.24) is 0 Å². The molecule has 2 nitrogen and oxygen atoms in total. The van der Waals surface area contributed by atoms with E-state index in [0.717, 1.165) is 6.42 Å². The highest BCUT2D eigenvalue weighted by atomic mass is 16.6. The Morgan fingerprint density at radius 2 is 2.00 bits per heavy atom. The highest BCUT2D eigenvalue weighted by molar-refractivity contribution is 6.51. The van der Waals surface area contributed by atoms with E-state index in [9.17, 15) is 0 Å². The predicted molar refractivity (Wildman–Crippen MR) is 68.2 cm³/mol. The minimum absolute atomic E-state index is 0.109. The Morgan fingerprint density at radius 1 is 1.38 bits per heavy atom. The summed E-state index contributed by atoms with van der Waals surface area (Å²) in [5.41, 5.74) is 3.19. The number of allylic oxidation sites excluding steroid dienone is 1. The normalized spacial score (nSPS) is 24.9. The van der Waals surface area contributed by atoms with E-state index >= 15 is 0 Å². The third-order valence-corrected chi connectivity index (χ3v) is 2.33. The fraction of sp³-hybridized carbons (Fsp3) is 0.769. The van der Waals surface area contributed by atoms with Crippen molar-refractivity contribution in [3.05, 3.63) is 17.8 Å². The molecule has 0 aromatic heterocycles. The molecule has 0 N–H and O–H groups in total. The average Bonchev–Trinajstić information content (AvgIpc) is 1.96. The van der Waals surface area contributed by atoms with E-state index in [4.69, 9.17) is 9.31 Å². The Morgan fingerprint density at radius 3 is 2.50 bits per heavy atom. The molecule has 1 rings (SSSR count). The van der Waals surface area contributed by atoms with Gasteiger partial charge in [-0.1, -0.05) is 20.8 Å². The van der Waals surface area contributed by atoms with Gasteiger partial charge in [0.05, 0.1) is 5.60 Å². The summed E-state index contributed by atoms with van der Waals surface area (Å²) in [6, 6.07) is 0. The van der Waals surface area contributed by atoms with E-state index < -0.39 is 0 Å². The van der Waals surface area contributed by atoms with Crippen molar-refractivity contribution in [2.45, 2.75) is 59.7 Å². The summed E-state index contributed by atoms with van der Waals surface area (Å²) in [6.45, 7) is 12.7. The van der Waals surface area contributed by atoms with E-state index in [1.165, 1.54) is 0 Å². The second-order valence-electron chi connectivity index (χ2n) is 6.24. The monoisotopic (exact) mass is 222 g/mol. The first-order valence-electron chi connectivity index (χ1n) is 5.95. The van der Waals surface area contributed by atoms with Gasteiger partial charge in [0, 0.05) is 6.10 Å². The Balaban J connectivity index is 2.65. The Hall–Kier alpha value is -0.495. The third kappa shape index (κ3) is 5.02. The molecular formula is C13H23BO2. The van der Waals surface area contributed by atoms with E-state index in [2.05, 4.69) is 47.3 Å². The zero-order valence-corrected chi connectivity index (χ0v) is 11.3. The van der Waals surface area contributed by atoms with Crippen LogP contribution < -0.4 is 0 Å². The number of hydrogen-bond donors (Lipinski definition) is 0. The molecule has 1 unspecified atom stereocenters. The molecule has 0 aliphatic carbocycles. The van der Waals surface area contributed by atoms with Gasteiger partial charge in [-0.2, -0.15) is 0 Å². The van der Waals surface area contributed by atoms with Crippen LogP contribution in [0.4, 0.5) is 0 Å². The van der Waals surface area contributed by atoms with Gasteiger partial charge in [0.2, 0.25) is 0 Å². The minimum Gasteiger partial charge on any atom is -0.405 e. The van der Waals surface area contributed by atoms with Gasteiger partial charge in [-0.15, -0.1) is 5.73 Å². The molecule has 90 valence electrons. The largest absolute Gasteiger partial charge is 0.494 e. The third-order valence-electron chi connectivity index (χ3n) is 2.33. The molecule has 0 aromatic rings. The summed E-state index contributed by atoms with van der Waals surface area (Å²) in [6.07, 6.45) is 3.20. The molecule has 0 saturated carbocycles. The van der Waals surface area contributed by atoms with Crippen LogP contribution in [0.15, 0.2) is 17.8 Å². The topological polar surface area (TPSA) is 18.5 Å². The molecule has 1 atom stereocenters. The highest BCUT2D eigenvalue weighted by Crippen LogP contribution is 2.25. The van der Waals surface area contributed by atoms with Crippen LogP contribution in [0.25, 0.3) is 0 Å². The van der Waals surface area contributed by atoms with Gasteiger partial charge in [0.15, 0.2) is 0 Å². The van der Waals surface area contributed by atoms with Crippen molar-refractivity contribution in [2.75, 3.05) is 0 Å². The molecule has 0 radical (unpaired) electrons. The SMILES string of the molecule is CC1CC(C)(C)OB(C=C=CC(C)(C)C)O1. The smallest absolute Gasteiger partial charge is 0.405 e.